The Labute approximate surface area is 216 Å². The first kappa shape index (κ1) is 23.3. The highest BCUT2D eigenvalue weighted by Crippen LogP contribution is 2.58. The van der Waals surface area contributed by atoms with E-state index in [1.54, 1.807) is 0 Å². The lowest BCUT2D eigenvalue weighted by atomic mass is 9.79. The van der Waals surface area contributed by atoms with Crippen LogP contribution in [0.5, 0.6) is 0 Å². The Hall–Kier alpha value is -3.10. The van der Waals surface area contributed by atoms with E-state index < -0.39 is 0 Å². The Morgan fingerprint density at radius 3 is 1.97 bits per heavy atom. The second-order valence-electron chi connectivity index (χ2n) is 10.9. The maximum absolute atomic E-state index is 6.69. The largest absolute Gasteiger partial charge is 0.461 e. The highest BCUT2D eigenvalue weighted by molar-refractivity contribution is 5.68. The minimum atomic E-state index is 0.314. The molecule has 2 heteroatoms. The first-order chi connectivity index (χ1) is 17.6. The molecule has 1 fully saturated rings. The molecule has 1 aliphatic carbocycles. The van der Waals surface area contributed by atoms with Gasteiger partial charge in [0.25, 0.3) is 0 Å². The van der Waals surface area contributed by atoms with E-state index in [2.05, 4.69) is 117 Å². The topological polar surface area (TPSA) is 16.4 Å². The SMILES string of the molecule is Cc1oc(-c2ccccc2)c2c1[C@@H](c1ccccc1)[C@H](Cc1ccccc1)[C@H]2N1[C@H](C)CCC[C@@H]1C. The van der Waals surface area contributed by atoms with Crippen molar-refractivity contribution in [2.24, 2.45) is 5.92 Å². The summed E-state index contributed by atoms with van der Waals surface area (Å²) in [5.41, 5.74) is 6.89. The number of nitrogens with zero attached hydrogens (tertiary/aromatic N) is 1. The third kappa shape index (κ3) is 4.02. The summed E-state index contributed by atoms with van der Waals surface area (Å²) in [4.78, 5) is 2.86. The fourth-order valence-electron chi connectivity index (χ4n) is 7.22. The van der Waals surface area contributed by atoms with Gasteiger partial charge in [0, 0.05) is 40.7 Å². The molecule has 6 rings (SSSR count). The number of hydrogen-bond donors (Lipinski definition) is 0. The van der Waals surface area contributed by atoms with Crippen LogP contribution in [0.25, 0.3) is 11.3 Å². The fourth-order valence-corrected chi connectivity index (χ4v) is 7.22. The van der Waals surface area contributed by atoms with Crippen LogP contribution in [0.4, 0.5) is 0 Å². The summed E-state index contributed by atoms with van der Waals surface area (Å²) >= 11 is 0. The summed E-state index contributed by atoms with van der Waals surface area (Å²) < 4.78 is 6.69. The molecule has 0 unspecified atom stereocenters. The number of likely N-dealkylation sites (tertiary alicyclic amines) is 1. The second kappa shape index (κ2) is 9.75. The van der Waals surface area contributed by atoms with E-state index >= 15 is 0 Å². The maximum Gasteiger partial charge on any atom is 0.139 e. The molecular weight excluding hydrogens is 438 g/mol. The molecule has 4 aromatic rings. The fraction of sp³-hybridized carbons (Fsp3) is 0.353. The average Bonchev–Trinajstić information content (AvgIpc) is 3.41. The van der Waals surface area contributed by atoms with E-state index in [0.717, 1.165) is 17.9 Å². The molecule has 3 aromatic carbocycles. The molecule has 184 valence electrons. The number of benzene rings is 3. The molecular formula is C34H37NO. The Morgan fingerprint density at radius 1 is 0.750 bits per heavy atom. The van der Waals surface area contributed by atoms with Crippen LogP contribution in [0.3, 0.4) is 0 Å². The van der Waals surface area contributed by atoms with Gasteiger partial charge in [-0.1, -0.05) is 97.4 Å². The summed E-state index contributed by atoms with van der Waals surface area (Å²) in [7, 11) is 0. The van der Waals surface area contributed by atoms with Gasteiger partial charge in [0.15, 0.2) is 0 Å². The molecule has 2 heterocycles. The van der Waals surface area contributed by atoms with Crippen molar-refractivity contribution in [3.8, 4) is 11.3 Å². The first-order valence-electron chi connectivity index (χ1n) is 13.7. The number of aryl methyl sites for hydroxylation is 1. The predicted molar refractivity (Wildman–Crippen MR) is 148 cm³/mol. The van der Waals surface area contributed by atoms with Crippen molar-refractivity contribution < 1.29 is 4.42 Å². The van der Waals surface area contributed by atoms with Gasteiger partial charge in [0.1, 0.15) is 11.5 Å². The lowest BCUT2D eigenvalue weighted by molar-refractivity contribution is 0.0284. The lowest BCUT2D eigenvalue weighted by Crippen LogP contribution is -2.47. The summed E-state index contributed by atoms with van der Waals surface area (Å²) in [6, 6.07) is 34.5. The highest BCUT2D eigenvalue weighted by Gasteiger charge is 2.50. The molecule has 1 aromatic heterocycles. The first-order valence-corrected chi connectivity index (χ1v) is 13.7. The van der Waals surface area contributed by atoms with Gasteiger partial charge in [-0.3, -0.25) is 4.90 Å². The minimum absolute atomic E-state index is 0.314. The van der Waals surface area contributed by atoms with Crippen molar-refractivity contribution in [3.05, 3.63) is 119 Å². The van der Waals surface area contributed by atoms with Gasteiger partial charge < -0.3 is 4.42 Å². The molecule has 0 saturated carbocycles. The maximum atomic E-state index is 6.69. The summed E-state index contributed by atoms with van der Waals surface area (Å²) in [5, 5.41) is 0. The van der Waals surface area contributed by atoms with E-state index in [1.807, 2.05) is 0 Å². The van der Waals surface area contributed by atoms with Crippen LogP contribution in [0.2, 0.25) is 0 Å². The Kier molecular flexibility index (Phi) is 6.31. The van der Waals surface area contributed by atoms with E-state index in [0.29, 0.717) is 30.0 Å². The molecule has 0 amide bonds. The van der Waals surface area contributed by atoms with Crippen LogP contribution >= 0.6 is 0 Å². The van der Waals surface area contributed by atoms with Crippen molar-refractivity contribution in [1.82, 2.24) is 4.90 Å². The van der Waals surface area contributed by atoms with Crippen molar-refractivity contribution in [2.75, 3.05) is 0 Å². The Balaban J connectivity index is 1.59. The quantitative estimate of drug-likeness (QED) is 0.287. The molecule has 36 heavy (non-hydrogen) atoms. The summed E-state index contributed by atoms with van der Waals surface area (Å²) in [6.07, 6.45) is 4.91. The van der Waals surface area contributed by atoms with Crippen molar-refractivity contribution in [2.45, 2.75) is 70.5 Å². The van der Waals surface area contributed by atoms with Crippen LogP contribution < -0.4 is 0 Å². The van der Waals surface area contributed by atoms with E-state index in [-0.39, 0.29) is 0 Å². The van der Waals surface area contributed by atoms with Gasteiger partial charge in [-0.05, 0) is 57.1 Å². The third-order valence-corrected chi connectivity index (χ3v) is 8.70. The number of hydrogen-bond acceptors (Lipinski definition) is 2. The smallest absolute Gasteiger partial charge is 0.139 e. The van der Waals surface area contributed by atoms with Crippen LogP contribution in [0.15, 0.2) is 95.4 Å². The van der Waals surface area contributed by atoms with Gasteiger partial charge in [-0.15, -0.1) is 0 Å². The molecule has 1 aliphatic heterocycles. The molecule has 0 spiro atoms. The summed E-state index contributed by atoms with van der Waals surface area (Å²) in [6.45, 7) is 7.08. The molecule has 1 saturated heterocycles. The van der Waals surface area contributed by atoms with Gasteiger partial charge >= 0.3 is 0 Å². The zero-order chi connectivity index (χ0) is 24.6. The molecule has 0 N–H and O–H groups in total. The summed E-state index contributed by atoms with van der Waals surface area (Å²) in [5.74, 6) is 2.92. The molecule has 2 aliphatic rings. The molecule has 0 radical (unpaired) electrons. The standard InChI is InChI=1S/C34H37NO/c1-23-14-13-15-24(2)35(23)33-29(22-26-16-7-4-8-17-26)31(27-18-9-5-10-19-27)30-25(3)36-34(32(30)33)28-20-11-6-12-21-28/h4-12,16-21,23-24,29,31,33H,13-15,22H2,1-3H3/t23-,24+,29-,31-,33+/m0/s1. The van der Waals surface area contributed by atoms with Crippen LogP contribution in [-0.4, -0.2) is 17.0 Å². The predicted octanol–water partition coefficient (Wildman–Crippen LogP) is 8.56. The van der Waals surface area contributed by atoms with Gasteiger partial charge in [-0.2, -0.15) is 0 Å². The number of rotatable bonds is 5. The lowest BCUT2D eigenvalue weighted by Gasteiger charge is -2.46. The monoisotopic (exact) mass is 475 g/mol. The third-order valence-electron chi connectivity index (χ3n) is 8.70. The normalized spacial score (nSPS) is 26.1. The zero-order valence-corrected chi connectivity index (χ0v) is 21.7. The van der Waals surface area contributed by atoms with Crippen molar-refractivity contribution >= 4 is 0 Å². The van der Waals surface area contributed by atoms with Gasteiger partial charge in [0.05, 0.1) is 0 Å². The van der Waals surface area contributed by atoms with E-state index in [4.69, 9.17) is 4.42 Å². The van der Waals surface area contributed by atoms with Gasteiger partial charge in [0.2, 0.25) is 0 Å². The number of fused-ring (bicyclic) bond motifs is 1. The average molecular weight is 476 g/mol. The van der Waals surface area contributed by atoms with Crippen LogP contribution in [-0.2, 0) is 6.42 Å². The van der Waals surface area contributed by atoms with Gasteiger partial charge in [-0.25, -0.2) is 0 Å². The Bertz CT molecular complexity index is 1280. The molecule has 0 bridgehead atoms. The van der Waals surface area contributed by atoms with Crippen molar-refractivity contribution in [1.29, 1.82) is 0 Å². The van der Waals surface area contributed by atoms with Crippen LogP contribution in [0.1, 0.15) is 73.1 Å². The second-order valence-corrected chi connectivity index (χ2v) is 10.9. The number of piperidine rings is 1. The van der Waals surface area contributed by atoms with E-state index in [1.165, 1.54) is 47.1 Å². The molecule has 2 nitrogen and oxygen atoms in total. The van der Waals surface area contributed by atoms with E-state index in [9.17, 15) is 0 Å². The van der Waals surface area contributed by atoms with Crippen LogP contribution in [0, 0.1) is 12.8 Å². The minimum Gasteiger partial charge on any atom is -0.461 e. The van der Waals surface area contributed by atoms with Crippen molar-refractivity contribution in [3.63, 3.8) is 0 Å². The number of furan rings is 1. The zero-order valence-electron chi connectivity index (χ0n) is 21.7. The molecule has 5 atom stereocenters. The Morgan fingerprint density at radius 2 is 1.33 bits per heavy atom. The highest BCUT2D eigenvalue weighted by atomic mass is 16.3.